The second-order valence-corrected chi connectivity index (χ2v) is 5.15. The van der Waals surface area contributed by atoms with E-state index in [0.717, 1.165) is 6.29 Å². The van der Waals surface area contributed by atoms with Gasteiger partial charge in [-0.1, -0.05) is 23.2 Å². The van der Waals surface area contributed by atoms with E-state index in [1.165, 1.54) is 0 Å². The van der Waals surface area contributed by atoms with Gasteiger partial charge in [-0.15, -0.1) is 0 Å². The van der Waals surface area contributed by atoms with Gasteiger partial charge in [0.15, 0.2) is 0 Å². The summed E-state index contributed by atoms with van der Waals surface area (Å²) in [6.07, 6.45) is 0.771. The molecule has 0 amide bonds. The molecular formula is C13H7BrCl2O2. The standard InChI is InChI=1S/C13H7BrCl2O2/c14-10-5-12(16)13(6-11(10)15)18-9-3-1-8(7-17)2-4-9/h1-7H. The summed E-state index contributed by atoms with van der Waals surface area (Å²) >= 11 is 15.3. The first-order valence-corrected chi connectivity index (χ1v) is 6.52. The summed E-state index contributed by atoms with van der Waals surface area (Å²) in [5, 5.41) is 0.963. The number of benzene rings is 2. The number of hydrogen-bond donors (Lipinski definition) is 0. The van der Waals surface area contributed by atoms with E-state index in [9.17, 15) is 4.79 Å². The zero-order valence-corrected chi connectivity index (χ0v) is 12.1. The highest BCUT2D eigenvalue weighted by molar-refractivity contribution is 9.10. The number of halogens is 3. The molecule has 2 nitrogen and oxygen atoms in total. The van der Waals surface area contributed by atoms with Gasteiger partial charge in [-0.2, -0.15) is 0 Å². The number of ether oxygens (including phenoxy) is 1. The maximum atomic E-state index is 10.5. The molecule has 2 aromatic carbocycles. The molecule has 0 spiro atoms. The Morgan fingerprint density at radius 3 is 2.33 bits per heavy atom. The Kier molecular flexibility index (Phi) is 4.27. The highest BCUT2D eigenvalue weighted by Crippen LogP contribution is 2.36. The van der Waals surface area contributed by atoms with E-state index >= 15 is 0 Å². The normalized spacial score (nSPS) is 10.2. The van der Waals surface area contributed by atoms with Gasteiger partial charge >= 0.3 is 0 Å². The fraction of sp³-hybridized carbons (Fsp3) is 0. The van der Waals surface area contributed by atoms with E-state index < -0.39 is 0 Å². The van der Waals surface area contributed by atoms with Gasteiger partial charge in [0.05, 0.1) is 10.0 Å². The Bertz CT molecular complexity index is 582. The molecule has 2 rings (SSSR count). The summed E-state index contributed by atoms with van der Waals surface area (Å²) in [7, 11) is 0. The molecule has 0 aliphatic rings. The lowest BCUT2D eigenvalue weighted by Gasteiger charge is -2.09. The summed E-state index contributed by atoms with van der Waals surface area (Å²) in [4.78, 5) is 10.5. The fourth-order valence-corrected chi connectivity index (χ4v) is 2.15. The largest absolute Gasteiger partial charge is 0.456 e. The summed E-state index contributed by atoms with van der Waals surface area (Å²) < 4.78 is 6.30. The monoisotopic (exact) mass is 344 g/mol. The molecule has 5 heteroatoms. The van der Waals surface area contributed by atoms with Crippen LogP contribution in [0.4, 0.5) is 0 Å². The number of hydrogen-bond acceptors (Lipinski definition) is 2. The molecule has 0 bridgehead atoms. The molecule has 0 atom stereocenters. The van der Waals surface area contributed by atoms with Crippen LogP contribution >= 0.6 is 39.1 Å². The SMILES string of the molecule is O=Cc1ccc(Oc2cc(Cl)c(Br)cc2Cl)cc1. The minimum absolute atomic E-state index is 0.450. The van der Waals surface area contributed by atoms with E-state index in [1.54, 1.807) is 36.4 Å². The Hall–Kier alpha value is -1.03. The van der Waals surface area contributed by atoms with Crippen LogP contribution in [0.25, 0.3) is 0 Å². The van der Waals surface area contributed by atoms with Gasteiger partial charge in [0, 0.05) is 16.1 Å². The van der Waals surface area contributed by atoms with Gasteiger partial charge in [0.2, 0.25) is 0 Å². The predicted octanol–water partition coefficient (Wildman–Crippen LogP) is 5.36. The number of aldehydes is 1. The Labute approximate surface area is 123 Å². The van der Waals surface area contributed by atoms with Crippen LogP contribution < -0.4 is 4.74 Å². The summed E-state index contributed by atoms with van der Waals surface area (Å²) in [5.41, 5.74) is 0.585. The third-order valence-corrected chi connectivity index (χ3v) is 3.71. The lowest BCUT2D eigenvalue weighted by atomic mass is 10.2. The molecule has 0 saturated heterocycles. The molecule has 0 aromatic heterocycles. The van der Waals surface area contributed by atoms with Crippen molar-refractivity contribution in [1.82, 2.24) is 0 Å². The van der Waals surface area contributed by atoms with Crippen molar-refractivity contribution in [3.8, 4) is 11.5 Å². The average Bonchev–Trinajstić information content (AvgIpc) is 2.37. The van der Waals surface area contributed by atoms with Crippen LogP contribution in [0.15, 0.2) is 40.9 Å². The summed E-state index contributed by atoms with van der Waals surface area (Å²) in [5.74, 6) is 1.05. The lowest BCUT2D eigenvalue weighted by Crippen LogP contribution is -1.87. The van der Waals surface area contributed by atoms with E-state index in [-0.39, 0.29) is 0 Å². The molecule has 0 aliphatic heterocycles. The first-order chi connectivity index (χ1) is 8.60. The predicted molar refractivity (Wildman–Crippen MR) is 76.1 cm³/mol. The first-order valence-electron chi connectivity index (χ1n) is 4.98. The smallest absolute Gasteiger partial charge is 0.150 e. The van der Waals surface area contributed by atoms with E-state index in [0.29, 0.717) is 31.6 Å². The van der Waals surface area contributed by atoms with Crippen molar-refractivity contribution in [2.24, 2.45) is 0 Å². The van der Waals surface area contributed by atoms with Gasteiger partial charge in [0.1, 0.15) is 17.8 Å². The van der Waals surface area contributed by atoms with Gasteiger partial charge in [0.25, 0.3) is 0 Å². The molecule has 0 aliphatic carbocycles. The van der Waals surface area contributed by atoms with Gasteiger partial charge in [-0.25, -0.2) is 0 Å². The first kappa shape index (κ1) is 13.4. The Morgan fingerprint density at radius 2 is 1.72 bits per heavy atom. The lowest BCUT2D eigenvalue weighted by molar-refractivity contribution is 0.112. The van der Waals surface area contributed by atoms with Crippen molar-refractivity contribution in [3.05, 3.63) is 56.5 Å². The van der Waals surface area contributed by atoms with Crippen LogP contribution in [-0.2, 0) is 0 Å². The molecule has 0 unspecified atom stereocenters. The minimum atomic E-state index is 0.450. The topological polar surface area (TPSA) is 26.3 Å². The third kappa shape index (κ3) is 3.05. The molecule has 0 radical (unpaired) electrons. The summed E-state index contributed by atoms with van der Waals surface area (Å²) in [6, 6.07) is 10.0. The Morgan fingerprint density at radius 1 is 1.06 bits per heavy atom. The molecule has 18 heavy (non-hydrogen) atoms. The van der Waals surface area contributed by atoms with Crippen molar-refractivity contribution in [2.45, 2.75) is 0 Å². The summed E-state index contributed by atoms with van der Waals surface area (Å²) in [6.45, 7) is 0. The number of carbonyl (C=O) groups excluding carboxylic acids is 1. The van der Waals surface area contributed by atoms with Crippen LogP contribution in [0, 0.1) is 0 Å². The molecule has 0 heterocycles. The van der Waals surface area contributed by atoms with Crippen LogP contribution in [0.5, 0.6) is 11.5 Å². The van der Waals surface area contributed by atoms with Crippen molar-refractivity contribution >= 4 is 45.4 Å². The second-order valence-electron chi connectivity index (χ2n) is 3.49. The molecule has 92 valence electrons. The molecule has 0 fully saturated rings. The van der Waals surface area contributed by atoms with E-state index in [2.05, 4.69) is 15.9 Å². The van der Waals surface area contributed by atoms with Gasteiger partial charge < -0.3 is 4.74 Å². The Balaban J connectivity index is 2.27. The van der Waals surface area contributed by atoms with Gasteiger partial charge in [-0.3, -0.25) is 4.79 Å². The van der Waals surface area contributed by atoms with Crippen molar-refractivity contribution in [2.75, 3.05) is 0 Å². The van der Waals surface area contributed by atoms with Gasteiger partial charge in [-0.05, 0) is 46.3 Å². The number of rotatable bonds is 3. The number of carbonyl (C=O) groups is 1. The maximum absolute atomic E-state index is 10.5. The quantitative estimate of drug-likeness (QED) is 0.552. The third-order valence-electron chi connectivity index (χ3n) is 2.22. The zero-order valence-electron chi connectivity index (χ0n) is 8.99. The van der Waals surface area contributed by atoms with Crippen LogP contribution in [-0.4, -0.2) is 6.29 Å². The highest BCUT2D eigenvalue weighted by Gasteiger charge is 2.07. The van der Waals surface area contributed by atoms with Crippen LogP contribution in [0.3, 0.4) is 0 Å². The molecule has 0 N–H and O–H groups in total. The molecular weight excluding hydrogens is 339 g/mol. The zero-order chi connectivity index (χ0) is 13.1. The molecule has 0 saturated carbocycles. The minimum Gasteiger partial charge on any atom is -0.456 e. The average molecular weight is 346 g/mol. The van der Waals surface area contributed by atoms with Crippen LogP contribution in [0.1, 0.15) is 10.4 Å². The van der Waals surface area contributed by atoms with Crippen molar-refractivity contribution in [1.29, 1.82) is 0 Å². The fourth-order valence-electron chi connectivity index (χ4n) is 1.32. The van der Waals surface area contributed by atoms with Crippen molar-refractivity contribution < 1.29 is 9.53 Å². The molecule has 2 aromatic rings. The second kappa shape index (κ2) is 5.74. The highest BCUT2D eigenvalue weighted by atomic mass is 79.9. The van der Waals surface area contributed by atoms with Crippen LogP contribution in [0.2, 0.25) is 10.0 Å². The maximum Gasteiger partial charge on any atom is 0.150 e. The van der Waals surface area contributed by atoms with Crippen molar-refractivity contribution in [3.63, 3.8) is 0 Å². The van der Waals surface area contributed by atoms with E-state index in [1.807, 2.05) is 0 Å². The van der Waals surface area contributed by atoms with E-state index in [4.69, 9.17) is 27.9 Å².